The van der Waals surface area contributed by atoms with Crippen LogP contribution in [0.3, 0.4) is 0 Å². The van der Waals surface area contributed by atoms with Gasteiger partial charge < -0.3 is 9.30 Å². The molecule has 4 nitrogen and oxygen atoms in total. The van der Waals surface area contributed by atoms with Crippen LogP contribution in [-0.4, -0.2) is 21.4 Å². The van der Waals surface area contributed by atoms with Crippen LogP contribution in [0, 0.1) is 0 Å². The van der Waals surface area contributed by atoms with Crippen molar-refractivity contribution in [3.8, 4) is 56.1 Å². The van der Waals surface area contributed by atoms with Gasteiger partial charge in [0.05, 0.1) is 16.7 Å². The van der Waals surface area contributed by atoms with Crippen LogP contribution in [0.5, 0.6) is 5.75 Å². The van der Waals surface area contributed by atoms with Gasteiger partial charge >= 0.3 is 0 Å². The van der Waals surface area contributed by atoms with E-state index in [9.17, 15) is 0 Å². The van der Waals surface area contributed by atoms with Gasteiger partial charge in [-0.15, -0.1) is 0 Å². The first-order valence-corrected chi connectivity index (χ1v) is 17.4. The molecule has 1 unspecified atom stereocenters. The lowest BCUT2D eigenvalue weighted by molar-refractivity contribution is 0.303. The molecule has 238 valence electrons. The zero-order valence-electron chi connectivity index (χ0n) is 27.6. The van der Waals surface area contributed by atoms with Crippen LogP contribution in [0.4, 0.5) is 11.4 Å². The van der Waals surface area contributed by atoms with Crippen molar-refractivity contribution >= 4 is 38.9 Å². The van der Waals surface area contributed by atoms with Gasteiger partial charge in [-0.25, -0.2) is 0 Å². The molecule has 2 aromatic heterocycles. The van der Waals surface area contributed by atoms with E-state index >= 15 is 0 Å². The summed E-state index contributed by atoms with van der Waals surface area (Å²) >= 11 is 0. The Morgan fingerprint density at radius 1 is 0.549 bits per heavy atom. The highest BCUT2D eigenvalue weighted by molar-refractivity contribution is 6.11. The molecule has 3 aliphatic rings. The Morgan fingerprint density at radius 2 is 1.22 bits per heavy atom. The third kappa shape index (κ3) is 4.14. The number of ether oxygens (including phenoxy) is 1. The van der Waals surface area contributed by atoms with Crippen LogP contribution in [0.1, 0.15) is 0 Å². The highest BCUT2D eigenvalue weighted by Crippen LogP contribution is 2.51. The maximum absolute atomic E-state index is 6.83. The molecule has 1 atom stereocenters. The van der Waals surface area contributed by atoms with Crippen molar-refractivity contribution in [2.45, 2.75) is 6.10 Å². The van der Waals surface area contributed by atoms with Crippen molar-refractivity contribution < 1.29 is 4.74 Å². The normalized spacial score (nSPS) is 15.2. The monoisotopic (exact) mass is 652 g/mol. The molecular formula is C47H30N3O+. The number of pyridine rings is 1. The van der Waals surface area contributed by atoms with Gasteiger partial charge in [-0.05, 0) is 70.3 Å². The lowest BCUT2D eigenvalue weighted by Crippen LogP contribution is -2.36. The van der Waals surface area contributed by atoms with Gasteiger partial charge in [0, 0.05) is 58.1 Å². The summed E-state index contributed by atoms with van der Waals surface area (Å²) in [6.07, 6.45) is 10.1. The fourth-order valence-electron chi connectivity index (χ4n) is 8.33. The number of allylic oxidation sites excluding steroid dienone is 2. The van der Waals surface area contributed by atoms with Crippen molar-refractivity contribution in [1.29, 1.82) is 0 Å². The summed E-state index contributed by atoms with van der Waals surface area (Å²) in [5.41, 5.74) is 15.6. The zero-order chi connectivity index (χ0) is 33.5. The second kappa shape index (κ2) is 10.9. The third-order valence-electron chi connectivity index (χ3n) is 10.5. The average molecular weight is 653 g/mol. The minimum Gasteiger partial charge on any atom is -0.468 e. The SMILES string of the molecule is C1=CC2=[N+](c3ccccc3)c3cc4c(cc3OC2C=C1)-c1ncccc1-c1ccccc1-c1ccc(-n2c3ccccc3c3ccccc32)cc1-4. The number of aromatic nitrogens is 2. The van der Waals surface area contributed by atoms with E-state index < -0.39 is 0 Å². The molecule has 8 aromatic rings. The molecule has 0 bridgehead atoms. The minimum absolute atomic E-state index is 0.201. The Labute approximate surface area is 295 Å². The van der Waals surface area contributed by atoms with E-state index in [-0.39, 0.29) is 6.10 Å². The minimum atomic E-state index is -0.201. The van der Waals surface area contributed by atoms with Gasteiger partial charge in [-0.3, -0.25) is 4.98 Å². The first-order valence-electron chi connectivity index (χ1n) is 17.4. The Hall–Kier alpha value is -6.78. The lowest BCUT2D eigenvalue weighted by atomic mass is 9.82. The highest BCUT2D eigenvalue weighted by Gasteiger charge is 2.38. The number of fused-ring (bicyclic) bond motifs is 13. The highest BCUT2D eigenvalue weighted by atomic mass is 16.5. The molecule has 1 aliphatic heterocycles. The summed E-state index contributed by atoms with van der Waals surface area (Å²) in [5, 5.41) is 2.49. The second-order valence-corrected chi connectivity index (χ2v) is 13.3. The molecule has 0 fully saturated rings. The lowest BCUT2D eigenvalue weighted by Gasteiger charge is -2.27. The fraction of sp³-hybridized carbons (Fsp3) is 0.0213. The Balaban J connectivity index is 1.26. The van der Waals surface area contributed by atoms with Crippen molar-refractivity contribution in [2.24, 2.45) is 0 Å². The summed E-state index contributed by atoms with van der Waals surface area (Å²) in [6, 6.07) is 52.5. The van der Waals surface area contributed by atoms with E-state index in [4.69, 9.17) is 9.72 Å². The largest absolute Gasteiger partial charge is 0.468 e. The standard InChI is InChI=1S/C47H30N3O/c1-2-13-30(14-3-1)49-43-22-10-11-23-45(43)51-46-29-40-39(28-44(46)49)38-27-31(50-41-20-8-6-17-35(41)36-18-7-9-21-42(36)50)24-25-34(38)32-15-4-5-16-33(32)37-19-12-26-48-47(37)40/h1-29,45H/q+1. The summed E-state index contributed by atoms with van der Waals surface area (Å²) in [7, 11) is 0. The van der Waals surface area contributed by atoms with E-state index in [1.54, 1.807) is 0 Å². The van der Waals surface area contributed by atoms with Crippen molar-refractivity contribution in [3.05, 3.63) is 176 Å². The summed E-state index contributed by atoms with van der Waals surface area (Å²) in [5.74, 6) is 0.830. The van der Waals surface area contributed by atoms with Gasteiger partial charge in [0.2, 0.25) is 17.5 Å². The number of para-hydroxylation sites is 3. The maximum atomic E-state index is 6.83. The molecular weight excluding hydrogens is 623 g/mol. The van der Waals surface area contributed by atoms with Gasteiger partial charge in [0.25, 0.3) is 5.69 Å². The Morgan fingerprint density at radius 3 is 2.02 bits per heavy atom. The summed E-state index contributed by atoms with van der Waals surface area (Å²) in [4.78, 5) is 5.09. The number of rotatable bonds is 2. The smallest absolute Gasteiger partial charge is 0.254 e. The van der Waals surface area contributed by atoms with Gasteiger partial charge in [0.1, 0.15) is 0 Å². The van der Waals surface area contributed by atoms with E-state index in [1.165, 1.54) is 32.9 Å². The first-order chi connectivity index (χ1) is 25.3. The third-order valence-corrected chi connectivity index (χ3v) is 10.5. The van der Waals surface area contributed by atoms with Gasteiger partial charge in [-0.2, -0.15) is 4.58 Å². The number of benzene rings is 6. The number of hydrogen-bond acceptors (Lipinski definition) is 2. The molecule has 0 N–H and O–H groups in total. The van der Waals surface area contributed by atoms with E-state index in [2.05, 4.69) is 173 Å². The number of nitrogens with zero attached hydrogens (tertiary/aromatic N) is 3. The van der Waals surface area contributed by atoms with Crippen LogP contribution >= 0.6 is 0 Å². The van der Waals surface area contributed by atoms with Crippen molar-refractivity contribution in [3.63, 3.8) is 0 Å². The maximum Gasteiger partial charge on any atom is 0.254 e. The van der Waals surface area contributed by atoms with Gasteiger partial charge in [-0.1, -0.05) is 103 Å². The van der Waals surface area contributed by atoms with Crippen LogP contribution in [0.15, 0.2) is 176 Å². The van der Waals surface area contributed by atoms with E-state index in [0.717, 1.165) is 62.0 Å². The molecule has 2 aliphatic carbocycles. The van der Waals surface area contributed by atoms with Crippen LogP contribution in [0.2, 0.25) is 0 Å². The molecule has 0 spiro atoms. The van der Waals surface area contributed by atoms with E-state index in [0.29, 0.717) is 0 Å². The molecule has 51 heavy (non-hydrogen) atoms. The molecule has 0 amide bonds. The van der Waals surface area contributed by atoms with Crippen molar-refractivity contribution in [2.75, 3.05) is 0 Å². The second-order valence-electron chi connectivity index (χ2n) is 13.3. The van der Waals surface area contributed by atoms with Gasteiger partial charge in [0.15, 0.2) is 5.75 Å². The number of hydrogen-bond donors (Lipinski definition) is 0. The molecule has 6 aromatic carbocycles. The molecule has 0 saturated carbocycles. The Kier molecular flexibility index (Phi) is 5.98. The Bertz CT molecular complexity index is 2780. The van der Waals surface area contributed by atoms with E-state index in [1.807, 2.05) is 12.3 Å². The molecule has 4 heteroatoms. The van der Waals surface area contributed by atoms with Crippen LogP contribution < -0.4 is 9.31 Å². The predicted molar refractivity (Wildman–Crippen MR) is 209 cm³/mol. The van der Waals surface area contributed by atoms with Crippen molar-refractivity contribution in [1.82, 2.24) is 14.1 Å². The molecule has 0 radical (unpaired) electrons. The molecule has 3 heterocycles. The summed E-state index contributed by atoms with van der Waals surface area (Å²) < 4.78 is 11.6. The zero-order valence-corrected chi connectivity index (χ0v) is 27.6. The predicted octanol–water partition coefficient (Wildman–Crippen LogP) is 11.3. The summed E-state index contributed by atoms with van der Waals surface area (Å²) in [6.45, 7) is 0. The quantitative estimate of drug-likeness (QED) is 0.174. The molecule has 0 saturated heterocycles. The topological polar surface area (TPSA) is 30.1 Å². The fourth-order valence-corrected chi connectivity index (χ4v) is 8.33. The van der Waals surface area contributed by atoms with Crippen LogP contribution in [-0.2, 0) is 0 Å². The first kappa shape index (κ1) is 28.1. The average Bonchev–Trinajstić information content (AvgIpc) is 3.53. The molecule has 11 rings (SSSR count). The van der Waals surface area contributed by atoms with Crippen LogP contribution in [0.25, 0.3) is 72.1 Å².